The lowest BCUT2D eigenvalue weighted by molar-refractivity contribution is 0.103. The van der Waals surface area contributed by atoms with Crippen LogP contribution in [0.3, 0.4) is 0 Å². The molecule has 118 valence electrons. The van der Waals surface area contributed by atoms with E-state index in [1.165, 1.54) is 0 Å². The van der Waals surface area contributed by atoms with Gasteiger partial charge in [0.2, 0.25) is 0 Å². The molecule has 0 amide bonds. The quantitative estimate of drug-likeness (QED) is 0.874. The summed E-state index contributed by atoms with van der Waals surface area (Å²) >= 11 is 0. The number of hydrogen-bond acceptors (Lipinski definition) is 4. The van der Waals surface area contributed by atoms with Crippen LogP contribution in [-0.2, 0) is 6.54 Å². The van der Waals surface area contributed by atoms with Gasteiger partial charge in [-0.15, -0.1) is 0 Å². The van der Waals surface area contributed by atoms with Crippen molar-refractivity contribution in [2.75, 3.05) is 32.8 Å². The molecule has 0 radical (unpaired) electrons. The summed E-state index contributed by atoms with van der Waals surface area (Å²) in [5.41, 5.74) is 0.983. The van der Waals surface area contributed by atoms with Crippen molar-refractivity contribution >= 4 is 0 Å². The average molecular weight is 292 g/mol. The Morgan fingerprint density at radius 2 is 1.90 bits per heavy atom. The molecular formula is C17H28N2O2. The van der Waals surface area contributed by atoms with Crippen molar-refractivity contribution in [3.05, 3.63) is 23.8 Å². The van der Waals surface area contributed by atoms with E-state index in [4.69, 9.17) is 4.74 Å². The molecular weight excluding hydrogens is 264 g/mol. The fraction of sp³-hybridized carbons (Fsp3) is 0.647. The standard InChI is InChI=1S/C17H28N2O2/c1-4-11-21-16-6-5-15(17(20)12-16)13-18-7-9-19(10-8-18)14(2)3/h5-6,12,14,20H,4,7-11,13H2,1-3H3. The predicted octanol–water partition coefficient (Wildman–Crippen LogP) is 2.71. The zero-order valence-electron chi connectivity index (χ0n) is 13.5. The second-order valence-electron chi connectivity index (χ2n) is 6.04. The molecule has 1 N–H and O–H groups in total. The maximum Gasteiger partial charge on any atom is 0.123 e. The minimum atomic E-state index is 0.342. The summed E-state index contributed by atoms with van der Waals surface area (Å²) in [7, 11) is 0. The van der Waals surface area contributed by atoms with Crippen LogP contribution in [0, 0.1) is 0 Å². The predicted molar refractivity (Wildman–Crippen MR) is 85.9 cm³/mol. The Morgan fingerprint density at radius 3 is 2.48 bits per heavy atom. The number of phenolic OH excluding ortho intramolecular Hbond substituents is 1. The largest absolute Gasteiger partial charge is 0.507 e. The number of phenols is 1. The van der Waals surface area contributed by atoms with Gasteiger partial charge in [0.1, 0.15) is 11.5 Å². The fourth-order valence-corrected chi connectivity index (χ4v) is 2.67. The molecule has 4 nitrogen and oxygen atoms in total. The average Bonchev–Trinajstić information content (AvgIpc) is 2.48. The first-order chi connectivity index (χ1) is 10.1. The van der Waals surface area contributed by atoms with E-state index in [0.717, 1.165) is 50.5 Å². The summed E-state index contributed by atoms with van der Waals surface area (Å²) in [6.45, 7) is 12.4. The SMILES string of the molecule is CCCOc1ccc(CN2CCN(C(C)C)CC2)c(O)c1. The fourth-order valence-electron chi connectivity index (χ4n) is 2.67. The molecule has 1 fully saturated rings. The molecule has 0 aromatic heterocycles. The van der Waals surface area contributed by atoms with Crippen LogP contribution in [0.4, 0.5) is 0 Å². The van der Waals surface area contributed by atoms with Crippen LogP contribution in [0.2, 0.25) is 0 Å². The van der Waals surface area contributed by atoms with Gasteiger partial charge in [-0.2, -0.15) is 0 Å². The van der Waals surface area contributed by atoms with E-state index >= 15 is 0 Å². The van der Waals surface area contributed by atoms with E-state index in [0.29, 0.717) is 18.4 Å². The summed E-state index contributed by atoms with van der Waals surface area (Å²) in [4.78, 5) is 4.90. The van der Waals surface area contributed by atoms with E-state index in [1.54, 1.807) is 6.07 Å². The molecule has 0 spiro atoms. The minimum absolute atomic E-state index is 0.342. The van der Waals surface area contributed by atoms with Gasteiger partial charge in [0.05, 0.1) is 6.61 Å². The van der Waals surface area contributed by atoms with Gasteiger partial charge in [0, 0.05) is 50.4 Å². The molecule has 0 saturated carbocycles. The van der Waals surface area contributed by atoms with Crippen LogP contribution in [0.1, 0.15) is 32.8 Å². The zero-order valence-corrected chi connectivity index (χ0v) is 13.5. The lowest BCUT2D eigenvalue weighted by Gasteiger charge is -2.37. The molecule has 1 saturated heterocycles. The van der Waals surface area contributed by atoms with Crippen molar-refractivity contribution in [3.8, 4) is 11.5 Å². The molecule has 1 aromatic rings. The molecule has 1 aliphatic heterocycles. The Kier molecular flexibility index (Phi) is 5.88. The lowest BCUT2D eigenvalue weighted by Crippen LogP contribution is -2.48. The second kappa shape index (κ2) is 7.66. The summed E-state index contributed by atoms with van der Waals surface area (Å²) in [6, 6.07) is 6.29. The van der Waals surface area contributed by atoms with E-state index in [-0.39, 0.29) is 0 Å². The first-order valence-corrected chi connectivity index (χ1v) is 8.01. The molecule has 1 aliphatic rings. The van der Waals surface area contributed by atoms with Gasteiger partial charge in [-0.3, -0.25) is 9.80 Å². The Balaban J connectivity index is 1.89. The van der Waals surface area contributed by atoms with Gasteiger partial charge in [-0.1, -0.05) is 13.0 Å². The van der Waals surface area contributed by atoms with E-state index < -0.39 is 0 Å². The molecule has 0 aliphatic carbocycles. The molecule has 0 atom stereocenters. The summed E-state index contributed by atoms with van der Waals surface area (Å²) in [5.74, 6) is 1.10. The summed E-state index contributed by atoms with van der Waals surface area (Å²) in [5, 5.41) is 10.1. The lowest BCUT2D eigenvalue weighted by atomic mass is 10.1. The molecule has 21 heavy (non-hydrogen) atoms. The van der Waals surface area contributed by atoms with Gasteiger partial charge < -0.3 is 9.84 Å². The third kappa shape index (κ3) is 4.61. The van der Waals surface area contributed by atoms with Crippen molar-refractivity contribution in [2.45, 2.75) is 39.8 Å². The van der Waals surface area contributed by atoms with E-state index in [1.807, 2.05) is 12.1 Å². The van der Waals surface area contributed by atoms with Gasteiger partial charge in [-0.25, -0.2) is 0 Å². The first kappa shape index (κ1) is 16.1. The van der Waals surface area contributed by atoms with Gasteiger partial charge in [0.15, 0.2) is 0 Å². The van der Waals surface area contributed by atoms with E-state index in [9.17, 15) is 5.11 Å². The molecule has 2 rings (SSSR count). The minimum Gasteiger partial charge on any atom is -0.507 e. The third-order valence-electron chi connectivity index (χ3n) is 4.06. The number of nitrogens with zero attached hydrogens (tertiary/aromatic N) is 2. The topological polar surface area (TPSA) is 35.9 Å². The molecule has 4 heteroatoms. The van der Waals surface area contributed by atoms with Crippen LogP contribution in [0.25, 0.3) is 0 Å². The Morgan fingerprint density at radius 1 is 1.19 bits per heavy atom. The maximum absolute atomic E-state index is 10.1. The number of aromatic hydroxyl groups is 1. The van der Waals surface area contributed by atoms with Crippen molar-refractivity contribution in [2.24, 2.45) is 0 Å². The van der Waals surface area contributed by atoms with Crippen molar-refractivity contribution in [3.63, 3.8) is 0 Å². The van der Waals surface area contributed by atoms with Gasteiger partial charge in [-0.05, 0) is 26.3 Å². The highest BCUT2D eigenvalue weighted by Crippen LogP contribution is 2.25. The van der Waals surface area contributed by atoms with E-state index in [2.05, 4.69) is 30.6 Å². The summed E-state index contributed by atoms with van der Waals surface area (Å²) in [6.07, 6.45) is 0.975. The zero-order chi connectivity index (χ0) is 15.2. The van der Waals surface area contributed by atoms with Crippen LogP contribution in [0.5, 0.6) is 11.5 Å². The smallest absolute Gasteiger partial charge is 0.123 e. The van der Waals surface area contributed by atoms with Crippen LogP contribution >= 0.6 is 0 Å². The molecule has 0 unspecified atom stereocenters. The highest BCUT2D eigenvalue weighted by atomic mass is 16.5. The van der Waals surface area contributed by atoms with Crippen molar-refractivity contribution < 1.29 is 9.84 Å². The Bertz CT molecular complexity index is 440. The number of benzene rings is 1. The number of piperazine rings is 1. The number of rotatable bonds is 6. The Hall–Kier alpha value is -1.26. The Labute approximate surface area is 128 Å². The summed E-state index contributed by atoms with van der Waals surface area (Å²) < 4.78 is 5.54. The monoisotopic (exact) mass is 292 g/mol. The molecule has 0 bridgehead atoms. The normalized spacial score (nSPS) is 17.3. The molecule has 1 aromatic carbocycles. The van der Waals surface area contributed by atoms with Crippen LogP contribution < -0.4 is 4.74 Å². The van der Waals surface area contributed by atoms with Gasteiger partial charge in [0.25, 0.3) is 0 Å². The number of ether oxygens (including phenoxy) is 1. The van der Waals surface area contributed by atoms with Crippen LogP contribution in [-0.4, -0.2) is 53.7 Å². The first-order valence-electron chi connectivity index (χ1n) is 8.01. The van der Waals surface area contributed by atoms with Crippen molar-refractivity contribution in [1.82, 2.24) is 9.80 Å². The number of hydrogen-bond donors (Lipinski definition) is 1. The van der Waals surface area contributed by atoms with Gasteiger partial charge >= 0.3 is 0 Å². The van der Waals surface area contributed by atoms with Crippen LogP contribution in [0.15, 0.2) is 18.2 Å². The second-order valence-corrected chi connectivity index (χ2v) is 6.04. The highest BCUT2D eigenvalue weighted by molar-refractivity contribution is 5.39. The third-order valence-corrected chi connectivity index (χ3v) is 4.06. The molecule has 1 heterocycles. The maximum atomic E-state index is 10.1. The van der Waals surface area contributed by atoms with Crippen molar-refractivity contribution in [1.29, 1.82) is 0 Å². The highest BCUT2D eigenvalue weighted by Gasteiger charge is 2.19.